The van der Waals surface area contributed by atoms with Gasteiger partial charge in [-0.3, -0.25) is 0 Å². The van der Waals surface area contributed by atoms with Crippen LogP contribution in [0.3, 0.4) is 0 Å². The van der Waals surface area contributed by atoms with E-state index in [1.54, 1.807) is 0 Å². The van der Waals surface area contributed by atoms with Gasteiger partial charge >= 0.3 is 0 Å². The molecule has 2 saturated heterocycles. The first-order valence-corrected chi connectivity index (χ1v) is 7.24. The summed E-state index contributed by atoms with van der Waals surface area (Å²) >= 11 is 0. The minimum Gasteiger partial charge on any atom is -0.371 e. The molecule has 2 bridgehead atoms. The number of fused-ring (bicyclic) bond motifs is 3. The van der Waals surface area contributed by atoms with E-state index >= 15 is 0 Å². The van der Waals surface area contributed by atoms with Gasteiger partial charge in [-0.05, 0) is 50.4 Å². The minimum atomic E-state index is 0.190. The molecule has 2 aliphatic heterocycles. The summed E-state index contributed by atoms with van der Waals surface area (Å²) in [6.07, 6.45) is 9.85. The number of ether oxygens (including phenoxy) is 1. The van der Waals surface area contributed by atoms with Gasteiger partial charge in [0.25, 0.3) is 0 Å². The lowest BCUT2D eigenvalue weighted by Crippen LogP contribution is -2.59. The summed E-state index contributed by atoms with van der Waals surface area (Å²) in [5.74, 6) is 0.749. The second kappa shape index (κ2) is 4.33. The minimum absolute atomic E-state index is 0.190. The Hall–Kier alpha value is -0.0400. The van der Waals surface area contributed by atoms with E-state index in [0.29, 0.717) is 11.5 Å². The number of hydrogen-bond acceptors (Lipinski definition) is 1. The molecule has 0 N–H and O–H groups in total. The smallest absolute Gasteiger partial charge is 0.0684 e. The molecule has 16 heavy (non-hydrogen) atoms. The van der Waals surface area contributed by atoms with Crippen LogP contribution in [0, 0.1) is 11.3 Å². The van der Waals surface area contributed by atoms with Crippen LogP contribution in [0.25, 0.3) is 0 Å². The van der Waals surface area contributed by atoms with E-state index in [4.69, 9.17) is 4.74 Å². The molecule has 3 aliphatic rings. The third kappa shape index (κ3) is 1.81. The molecule has 1 aliphatic carbocycles. The molecule has 0 aromatic carbocycles. The molecule has 1 heteroatoms. The molecule has 1 nitrogen and oxygen atoms in total. The van der Waals surface area contributed by atoms with Gasteiger partial charge in [0.15, 0.2) is 0 Å². The van der Waals surface area contributed by atoms with Gasteiger partial charge in [0, 0.05) is 0 Å². The maximum atomic E-state index is 6.48. The standard InChI is InChI=1S/C15H28O/c1-5-7-8-13-15(6-2)10-9-14(4,16-13)12(3)11-15/h12-13H,5-11H2,1-4H3. The van der Waals surface area contributed by atoms with Gasteiger partial charge in [0.2, 0.25) is 0 Å². The summed E-state index contributed by atoms with van der Waals surface area (Å²) in [5, 5.41) is 0. The third-order valence-corrected chi connectivity index (χ3v) is 5.49. The Morgan fingerprint density at radius 1 is 1.25 bits per heavy atom. The largest absolute Gasteiger partial charge is 0.371 e. The van der Waals surface area contributed by atoms with Crippen molar-refractivity contribution in [3.8, 4) is 0 Å². The van der Waals surface area contributed by atoms with Crippen molar-refractivity contribution in [2.24, 2.45) is 11.3 Å². The molecule has 0 amide bonds. The Kier molecular flexibility index (Phi) is 3.36. The van der Waals surface area contributed by atoms with Crippen LogP contribution in [0.5, 0.6) is 0 Å². The fourth-order valence-electron chi connectivity index (χ4n) is 3.89. The van der Waals surface area contributed by atoms with E-state index in [-0.39, 0.29) is 5.60 Å². The maximum absolute atomic E-state index is 6.48. The summed E-state index contributed by atoms with van der Waals surface area (Å²) < 4.78 is 6.48. The Balaban J connectivity index is 2.14. The highest BCUT2D eigenvalue weighted by atomic mass is 16.5. The van der Waals surface area contributed by atoms with Gasteiger partial charge in [-0.2, -0.15) is 0 Å². The molecule has 2 heterocycles. The molecule has 94 valence electrons. The van der Waals surface area contributed by atoms with Gasteiger partial charge in [0.1, 0.15) is 0 Å². The Morgan fingerprint density at radius 2 is 2.00 bits per heavy atom. The first-order chi connectivity index (χ1) is 7.56. The monoisotopic (exact) mass is 224 g/mol. The molecule has 0 spiro atoms. The highest BCUT2D eigenvalue weighted by Gasteiger charge is 2.55. The third-order valence-electron chi connectivity index (χ3n) is 5.49. The summed E-state index contributed by atoms with van der Waals surface area (Å²) in [6.45, 7) is 9.38. The topological polar surface area (TPSA) is 9.23 Å². The fraction of sp³-hybridized carbons (Fsp3) is 1.00. The zero-order valence-electron chi connectivity index (χ0n) is 11.5. The Bertz CT molecular complexity index is 250. The van der Waals surface area contributed by atoms with E-state index in [0.717, 1.165) is 5.92 Å². The Morgan fingerprint density at radius 3 is 2.56 bits per heavy atom. The van der Waals surface area contributed by atoms with Gasteiger partial charge in [0.05, 0.1) is 11.7 Å². The summed E-state index contributed by atoms with van der Waals surface area (Å²) in [7, 11) is 0. The molecule has 4 unspecified atom stereocenters. The van der Waals surface area contributed by atoms with Gasteiger partial charge < -0.3 is 4.74 Å². The second-order valence-electron chi connectivity index (χ2n) is 6.38. The van der Waals surface area contributed by atoms with Crippen LogP contribution in [0.2, 0.25) is 0 Å². The number of hydrogen-bond donors (Lipinski definition) is 0. The molecule has 1 saturated carbocycles. The van der Waals surface area contributed by atoms with E-state index in [9.17, 15) is 0 Å². The second-order valence-corrected chi connectivity index (χ2v) is 6.38. The van der Waals surface area contributed by atoms with E-state index in [2.05, 4.69) is 27.7 Å². The molecule has 0 radical (unpaired) electrons. The van der Waals surface area contributed by atoms with Crippen molar-refractivity contribution in [2.45, 2.75) is 84.3 Å². The van der Waals surface area contributed by atoms with Crippen molar-refractivity contribution in [1.82, 2.24) is 0 Å². The highest BCUT2D eigenvalue weighted by Crippen LogP contribution is 2.57. The van der Waals surface area contributed by atoms with Crippen molar-refractivity contribution >= 4 is 0 Å². The van der Waals surface area contributed by atoms with Gasteiger partial charge in [-0.25, -0.2) is 0 Å². The molecule has 0 aromatic heterocycles. The zero-order chi connectivity index (χ0) is 11.8. The quantitative estimate of drug-likeness (QED) is 0.680. The fourth-order valence-corrected chi connectivity index (χ4v) is 3.89. The van der Waals surface area contributed by atoms with Gasteiger partial charge in [-0.1, -0.05) is 33.6 Å². The van der Waals surface area contributed by atoms with Gasteiger partial charge in [-0.15, -0.1) is 0 Å². The molecular weight excluding hydrogens is 196 g/mol. The van der Waals surface area contributed by atoms with Crippen molar-refractivity contribution in [3.05, 3.63) is 0 Å². The van der Waals surface area contributed by atoms with Crippen molar-refractivity contribution in [2.75, 3.05) is 0 Å². The predicted octanol–water partition coefficient (Wildman–Crippen LogP) is 4.55. The van der Waals surface area contributed by atoms with Crippen LogP contribution in [0.15, 0.2) is 0 Å². The van der Waals surface area contributed by atoms with Crippen LogP contribution in [-0.4, -0.2) is 11.7 Å². The number of unbranched alkanes of at least 4 members (excludes halogenated alkanes) is 1. The van der Waals surface area contributed by atoms with E-state index in [1.165, 1.54) is 44.9 Å². The van der Waals surface area contributed by atoms with Crippen LogP contribution in [0.1, 0.15) is 72.6 Å². The molecule has 3 rings (SSSR count). The van der Waals surface area contributed by atoms with Crippen molar-refractivity contribution < 1.29 is 4.74 Å². The van der Waals surface area contributed by atoms with E-state index < -0.39 is 0 Å². The van der Waals surface area contributed by atoms with Crippen LogP contribution >= 0.6 is 0 Å². The van der Waals surface area contributed by atoms with Crippen LogP contribution < -0.4 is 0 Å². The molecule has 4 atom stereocenters. The highest BCUT2D eigenvalue weighted by molar-refractivity contribution is 5.04. The summed E-state index contributed by atoms with van der Waals surface area (Å²) in [6, 6.07) is 0. The lowest BCUT2D eigenvalue weighted by Gasteiger charge is -2.60. The zero-order valence-corrected chi connectivity index (χ0v) is 11.5. The molecule has 0 aromatic rings. The molecular formula is C15H28O. The normalized spacial score (nSPS) is 47.2. The first kappa shape index (κ1) is 12.4. The maximum Gasteiger partial charge on any atom is 0.0684 e. The summed E-state index contributed by atoms with van der Waals surface area (Å²) in [4.78, 5) is 0. The first-order valence-electron chi connectivity index (χ1n) is 7.24. The SMILES string of the molecule is CCCCC1OC2(C)CCC1(CC)CC2C. The molecule has 3 fully saturated rings. The lowest BCUT2D eigenvalue weighted by atomic mass is 9.57. The predicted molar refractivity (Wildman–Crippen MR) is 68.5 cm³/mol. The summed E-state index contributed by atoms with van der Waals surface area (Å²) in [5.41, 5.74) is 0.710. The number of rotatable bonds is 4. The lowest BCUT2D eigenvalue weighted by molar-refractivity contribution is -0.254. The average Bonchev–Trinajstić information content (AvgIpc) is 2.28. The average molecular weight is 224 g/mol. The Labute approximate surface area is 101 Å². The van der Waals surface area contributed by atoms with Crippen LogP contribution in [-0.2, 0) is 4.74 Å². The van der Waals surface area contributed by atoms with Crippen molar-refractivity contribution in [3.63, 3.8) is 0 Å². The van der Waals surface area contributed by atoms with E-state index in [1.807, 2.05) is 0 Å². The van der Waals surface area contributed by atoms with Crippen molar-refractivity contribution in [1.29, 1.82) is 0 Å². The van der Waals surface area contributed by atoms with Crippen LogP contribution in [0.4, 0.5) is 0 Å².